The highest BCUT2D eigenvalue weighted by molar-refractivity contribution is 5.88. The van der Waals surface area contributed by atoms with Crippen LogP contribution in [-0.2, 0) is 0 Å². The van der Waals surface area contributed by atoms with Crippen molar-refractivity contribution in [3.8, 4) is 11.8 Å². The van der Waals surface area contributed by atoms with Crippen LogP contribution in [-0.4, -0.2) is 16.2 Å². The molecule has 0 fully saturated rings. The smallest absolute Gasteiger partial charge is 0.335 e. The van der Waals surface area contributed by atoms with Crippen molar-refractivity contribution in [3.63, 3.8) is 0 Å². The number of aromatic carboxylic acids is 1. The van der Waals surface area contributed by atoms with Crippen molar-refractivity contribution in [2.24, 2.45) is 0 Å². The van der Waals surface area contributed by atoms with Crippen LogP contribution in [0, 0.1) is 18.3 Å². The number of aromatic hydroxyl groups is 1. The van der Waals surface area contributed by atoms with Gasteiger partial charge < -0.3 is 10.2 Å². The molecule has 13 heavy (non-hydrogen) atoms. The zero-order valence-corrected chi connectivity index (χ0v) is 6.90. The molecule has 0 saturated carbocycles. The van der Waals surface area contributed by atoms with E-state index in [0.29, 0.717) is 5.56 Å². The summed E-state index contributed by atoms with van der Waals surface area (Å²) in [5.74, 6) is -1.33. The quantitative estimate of drug-likeness (QED) is 0.676. The number of carboxylic acid groups (broad SMARTS) is 1. The van der Waals surface area contributed by atoms with Crippen LogP contribution in [0.5, 0.6) is 5.75 Å². The monoisotopic (exact) mass is 177 g/mol. The van der Waals surface area contributed by atoms with Crippen LogP contribution in [0.2, 0.25) is 0 Å². The lowest BCUT2D eigenvalue weighted by Gasteiger charge is -2.02. The second-order valence-electron chi connectivity index (χ2n) is 2.58. The number of phenols is 1. The first-order valence-corrected chi connectivity index (χ1v) is 3.53. The van der Waals surface area contributed by atoms with Crippen molar-refractivity contribution in [2.75, 3.05) is 0 Å². The summed E-state index contributed by atoms with van der Waals surface area (Å²) in [5.41, 5.74) is 0.490. The summed E-state index contributed by atoms with van der Waals surface area (Å²) >= 11 is 0. The van der Waals surface area contributed by atoms with Gasteiger partial charge in [-0.2, -0.15) is 5.26 Å². The predicted octanol–water partition coefficient (Wildman–Crippen LogP) is 1.27. The molecular weight excluding hydrogens is 170 g/mol. The summed E-state index contributed by atoms with van der Waals surface area (Å²) < 4.78 is 0. The first-order valence-electron chi connectivity index (χ1n) is 3.53. The standard InChI is InChI=1S/C9H7NO3/c1-5-7(4-10)2-6(9(12)13)3-8(5)11/h2-3,11H,1H3,(H,12,13). The van der Waals surface area contributed by atoms with E-state index < -0.39 is 5.97 Å². The third-order valence-electron chi connectivity index (χ3n) is 1.75. The van der Waals surface area contributed by atoms with Gasteiger partial charge in [0.15, 0.2) is 0 Å². The van der Waals surface area contributed by atoms with Gasteiger partial charge in [0.2, 0.25) is 0 Å². The number of hydrogen-bond acceptors (Lipinski definition) is 3. The highest BCUT2D eigenvalue weighted by atomic mass is 16.4. The molecule has 1 aromatic rings. The van der Waals surface area contributed by atoms with Gasteiger partial charge in [-0.3, -0.25) is 0 Å². The van der Waals surface area contributed by atoms with Gasteiger partial charge in [-0.1, -0.05) is 0 Å². The van der Waals surface area contributed by atoms with E-state index in [4.69, 9.17) is 10.4 Å². The maximum atomic E-state index is 10.5. The highest BCUT2D eigenvalue weighted by Crippen LogP contribution is 2.21. The van der Waals surface area contributed by atoms with Crippen LogP contribution in [0.15, 0.2) is 12.1 Å². The molecule has 0 atom stereocenters. The Kier molecular flexibility index (Phi) is 2.20. The Labute approximate surface area is 74.7 Å². The zero-order valence-electron chi connectivity index (χ0n) is 6.90. The molecule has 1 aromatic carbocycles. The van der Waals surface area contributed by atoms with Gasteiger partial charge in [0.1, 0.15) is 5.75 Å². The maximum absolute atomic E-state index is 10.5. The highest BCUT2D eigenvalue weighted by Gasteiger charge is 2.10. The summed E-state index contributed by atoms with van der Waals surface area (Å²) in [4.78, 5) is 10.5. The minimum atomic E-state index is -1.16. The number of nitriles is 1. The SMILES string of the molecule is Cc1c(O)cc(C(=O)O)cc1C#N. The van der Waals surface area contributed by atoms with Crippen LogP contribution in [0.25, 0.3) is 0 Å². The van der Waals surface area contributed by atoms with Gasteiger partial charge in [0.05, 0.1) is 17.2 Å². The van der Waals surface area contributed by atoms with Gasteiger partial charge in [-0.25, -0.2) is 4.79 Å². The zero-order chi connectivity index (χ0) is 10.0. The van der Waals surface area contributed by atoms with Crippen LogP contribution in [0.3, 0.4) is 0 Å². The molecule has 0 aromatic heterocycles. The molecule has 0 amide bonds. The molecule has 0 spiro atoms. The molecule has 66 valence electrons. The van der Waals surface area contributed by atoms with Crippen molar-refractivity contribution in [1.29, 1.82) is 5.26 Å². The van der Waals surface area contributed by atoms with Crippen LogP contribution in [0.4, 0.5) is 0 Å². The number of hydrogen-bond donors (Lipinski definition) is 2. The Morgan fingerprint density at radius 1 is 1.54 bits per heavy atom. The Morgan fingerprint density at radius 3 is 2.62 bits per heavy atom. The fourth-order valence-electron chi connectivity index (χ4n) is 0.939. The van der Waals surface area contributed by atoms with Crippen LogP contribution >= 0.6 is 0 Å². The van der Waals surface area contributed by atoms with Gasteiger partial charge in [0.25, 0.3) is 0 Å². The first-order chi connectivity index (χ1) is 6.06. The lowest BCUT2D eigenvalue weighted by molar-refractivity contribution is 0.0696. The number of carboxylic acids is 1. The van der Waals surface area contributed by atoms with E-state index >= 15 is 0 Å². The fourth-order valence-corrected chi connectivity index (χ4v) is 0.939. The molecule has 0 aliphatic carbocycles. The summed E-state index contributed by atoms with van der Waals surface area (Å²) in [6.45, 7) is 1.56. The molecule has 0 unspecified atom stereocenters. The van der Waals surface area contributed by atoms with Crippen molar-refractivity contribution in [1.82, 2.24) is 0 Å². The van der Waals surface area contributed by atoms with Gasteiger partial charge in [-0.05, 0) is 19.1 Å². The Hall–Kier alpha value is -2.02. The summed E-state index contributed by atoms with van der Waals surface area (Å²) in [6, 6.07) is 4.17. The predicted molar refractivity (Wildman–Crippen MR) is 44.5 cm³/mol. The Balaban J connectivity index is 3.41. The minimum absolute atomic E-state index is 0.0837. The molecule has 0 radical (unpaired) electrons. The molecular formula is C9H7NO3. The summed E-state index contributed by atoms with van der Waals surface area (Å²) in [5, 5.41) is 26.4. The largest absolute Gasteiger partial charge is 0.508 e. The Bertz CT molecular complexity index is 404. The Morgan fingerprint density at radius 2 is 2.15 bits per heavy atom. The minimum Gasteiger partial charge on any atom is -0.508 e. The third kappa shape index (κ3) is 1.59. The van der Waals surface area contributed by atoms with E-state index in [9.17, 15) is 9.90 Å². The van der Waals surface area contributed by atoms with E-state index in [1.165, 1.54) is 6.07 Å². The molecule has 0 aliphatic rings. The summed E-state index contributed by atoms with van der Waals surface area (Å²) in [7, 11) is 0. The number of carbonyl (C=O) groups is 1. The molecule has 4 heteroatoms. The van der Waals surface area contributed by atoms with Crippen LogP contribution in [0.1, 0.15) is 21.5 Å². The second kappa shape index (κ2) is 3.15. The van der Waals surface area contributed by atoms with Crippen molar-refractivity contribution >= 4 is 5.97 Å². The molecule has 0 heterocycles. The topological polar surface area (TPSA) is 81.3 Å². The second-order valence-corrected chi connectivity index (χ2v) is 2.58. The average Bonchev–Trinajstić information content (AvgIpc) is 2.09. The number of benzene rings is 1. The van der Waals surface area contributed by atoms with Gasteiger partial charge in [0, 0.05) is 5.56 Å². The molecule has 0 saturated heterocycles. The van der Waals surface area contributed by atoms with E-state index in [2.05, 4.69) is 0 Å². The molecule has 0 bridgehead atoms. The first kappa shape index (κ1) is 9.07. The van der Waals surface area contributed by atoms with Crippen molar-refractivity contribution in [2.45, 2.75) is 6.92 Å². The van der Waals surface area contributed by atoms with Crippen molar-refractivity contribution in [3.05, 3.63) is 28.8 Å². The van der Waals surface area contributed by atoms with E-state index in [-0.39, 0.29) is 16.9 Å². The molecule has 0 aliphatic heterocycles. The maximum Gasteiger partial charge on any atom is 0.335 e. The number of nitrogens with zero attached hydrogens (tertiary/aromatic N) is 1. The molecule has 1 rings (SSSR count). The van der Waals surface area contributed by atoms with E-state index in [1.54, 1.807) is 6.92 Å². The summed E-state index contributed by atoms with van der Waals surface area (Å²) in [6.07, 6.45) is 0. The lowest BCUT2D eigenvalue weighted by Crippen LogP contribution is -1.97. The fraction of sp³-hybridized carbons (Fsp3) is 0.111. The number of phenolic OH excluding ortho intramolecular Hbond substituents is 1. The van der Waals surface area contributed by atoms with Crippen LogP contribution < -0.4 is 0 Å². The van der Waals surface area contributed by atoms with E-state index in [1.807, 2.05) is 6.07 Å². The average molecular weight is 177 g/mol. The van der Waals surface area contributed by atoms with Gasteiger partial charge >= 0.3 is 5.97 Å². The van der Waals surface area contributed by atoms with Crippen molar-refractivity contribution < 1.29 is 15.0 Å². The molecule has 4 nitrogen and oxygen atoms in total. The normalized spacial score (nSPS) is 9.23. The third-order valence-corrected chi connectivity index (χ3v) is 1.75. The molecule has 2 N–H and O–H groups in total. The number of rotatable bonds is 1. The lowest BCUT2D eigenvalue weighted by atomic mass is 10.0. The van der Waals surface area contributed by atoms with Gasteiger partial charge in [-0.15, -0.1) is 0 Å². The van der Waals surface area contributed by atoms with E-state index in [0.717, 1.165) is 6.07 Å².